The van der Waals surface area contributed by atoms with Crippen molar-refractivity contribution in [2.24, 2.45) is 5.41 Å². The fourth-order valence-electron chi connectivity index (χ4n) is 4.41. The molecule has 0 atom stereocenters. The highest BCUT2D eigenvalue weighted by atomic mass is 35.5. The Morgan fingerprint density at radius 1 is 1.07 bits per heavy atom. The Balaban J connectivity index is 0.00000240. The molecule has 2 fully saturated rings. The molecular weight excluding hydrogens is 392 g/mol. The van der Waals surface area contributed by atoms with Gasteiger partial charge in [-0.3, -0.25) is 9.59 Å². The summed E-state index contributed by atoms with van der Waals surface area (Å²) in [5.41, 5.74) is 1.14. The number of piperidine rings is 1. The Hall–Kier alpha value is -2.09. The number of amides is 2. The fourth-order valence-corrected chi connectivity index (χ4v) is 4.41. The van der Waals surface area contributed by atoms with Crippen LogP contribution in [0.15, 0.2) is 30.3 Å². The largest absolute Gasteiger partial charge is 0.384 e. The lowest BCUT2D eigenvalue weighted by Gasteiger charge is -2.42. The number of rotatable bonds is 4. The molecule has 0 saturated carbocycles. The lowest BCUT2D eigenvalue weighted by atomic mass is 9.78. The van der Waals surface area contributed by atoms with Gasteiger partial charge in [-0.1, -0.05) is 18.2 Å². The molecule has 3 heterocycles. The van der Waals surface area contributed by atoms with Gasteiger partial charge in [0, 0.05) is 44.2 Å². The number of hydrogen-bond donors (Lipinski definition) is 2. The third-order valence-electron chi connectivity index (χ3n) is 6.05. The second-order valence-electron chi connectivity index (χ2n) is 7.82. The minimum Gasteiger partial charge on any atom is -0.384 e. The SMILES string of the molecule is COCC1(C(=O)N2CCN(C(=O)c3cc4ccccc4[nH]3)CC2)CCNCC1.Cl. The average Bonchev–Trinajstić information content (AvgIpc) is 3.18. The highest BCUT2D eigenvalue weighted by molar-refractivity contribution is 5.98. The lowest BCUT2D eigenvalue weighted by molar-refractivity contribution is -0.149. The first-order valence-electron chi connectivity index (χ1n) is 9.99. The molecule has 8 heteroatoms. The Bertz CT molecular complexity index is 816. The maximum absolute atomic E-state index is 13.2. The monoisotopic (exact) mass is 420 g/mol. The number of H-pyrrole nitrogens is 1. The van der Waals surface area contributed by atoms with Crippen LogP contribution in [0.2, 0.25) is 0 Å². The van der Waals surface area contributed by atoms with Crippen LogP contribution < -0.4 is 5.32 Å². The predicted octanol–water partition coefficient (Wildman–Crippen LogP) is 1.89. The average molecular weight is 421 g/mol. The van der Waals surface area contributed by atoms with Crippen molar-refractivity contribution in [1.29, 1.82) is 0 Å². The molecule has 0 radical (unpaired) electrons. The van der Waals surface area contributed by atoms with Gasteiger partial charge in [0.1, 0.15) is 5.69 Å². The number of ether oxygens (including phenoxy) is 1. The summed E-state index contributed by atoms with van der Waals surface area (Å²) in [6.45, 7) is 4.40. The summed E-state index contributed by atoms with van der Waals surface area (Å²) in [4.78, 5) is 33.1. The second kappa shape index (κ2) is 9.15. The van der Waals surface area contributed by atoms with E-state index < -0.39 is 5.41 Å². The smallest absolute Gasteiger partial charge is 0.270 e. The van der Waals surface area contributed by atoms with Crippen LogP contribution in [0, 0.1) is 5.41 Å². The third-order valence-corrected chi connectivity index (χ3v) is 6.05. The van der Waals surface area contributed by atoms with E-state index in [4.69, 9.17) is 4.74 Å². The van der Waals surface area contributed by atoms with E-state index >= 15 is 0 Å². The zero-order valence-electron chi connectivity index (χ0n) is 16.8. The van der Waals surface area contributed by atoms with Gasteiger partial charge in [-0.25, -0.2) is 0 Å². The minimum absolute atomic E-state index is 0. The van der Waals surface area contributed by atoms with E-state index in [1.54, 1.807) is 7.11 Å². The van der Waals surface area contributed by atoms with E-state index in [0.29, 0.717) is 38.5 Å². The predicted molar refractivity (Wildman–Crippen MR) is 114 cm³/mol. The molecule has 1 aromatic carbocycles. The molecule has 7 nitrogen and oxygen atoms in total. The Morgan fingerprint density at radius 3 is 2.38 bits per heavy atom. The quantitative estimate of drug-likeness (QED) is 0.791. The van der Waals surface area contributed by atoms with Crippen LogP contribution in [-0.2, 0) is 9.53 Å². The van der Waals surface area contributed by atoms with E-state index in [2.05, 4.69) is 10.3 Å². The maximum Gasteiger partial charge on any atom is 0.270 e. The molecule has 2 aromatic rings. The molecule has 2 N–H and O–H groups in total. The van der Waals surface area contributed by atoms with Gasteiger partial charge in [0.25, 0.3) is 5.91 Å². The van der Waals surface area contributed by atoms with Crippen molar-refractivity contribution in [3.8, 4) is 0 Å². The van der Waals surface area contributed by atoms with Crippen molar-refractivity contribution in [2.45, 2.75) is 12.8 Å². The highest BCUT2D eigenvalue weighted by Gasteiger charge is 2.43. The Kier molecular flexibility index (Phi) is 6.82. The van der Waals surface area contributed by atoms with Gasteiger partial charge in [-0.05, 0) is 38.1 Å². The van der Waals surface area contributed by atoms with E-state index in [9.17, 15) is 9.59 Å². The third kappa shape index (κ3) is 4.27. The molecule has 4 rings (SSSR count). The summed E-state index contributed by atoms with van der Waals surface area (Å²) in [5.74, 6) is 0.172. The standard InChI is InChI=1S/C21H28N4O3.ClH/c1-28-15-21(6-8-22-9-7-21)20(27)25-12-10-24(11-13-25)19(26)18-14-16-4-2-3-5-17(16)23-18;/h2-5,14,22-23H,6-13,15H2,1H3;1H. The molecule has 2 saturated heterocycles. The van der Waals surface area contributed by atoms with E-state index in [1.165, 1.54) is 0 Å². The normalized spacial score (nSPS) is 19.1. The number of aromatic amines is 1. The van der Waals surface area contributed by atoms with Crippen molar-refractivity contribution in [1.82, 2.24) is 20.1 Å². The van der Waals surface area contributed by atoms with Crippen molar-refractivity contribution < 1.29 is 14.3 Å². The summed E-state index contributed by atoms with van der Waals surface area (Å²) in [5, 5.41) is 4.36. The maximum atomic E-state index is 13.2. The summed E-state index contributed by atoms with van der Waals surface area (Å²) in [6, 6.07) is 9.78. The van der Waals surface area contributed by atoms with E-state index in [1.807, 2.05) is 40.1 Å². The van der Waals surface area contributed by atoms with Crippen molar-refractivity contribution in [3.05, 3.63) is 36.0 Å². The molecule has 2 amide bonds. The van der Waals surface area contributed by atoms with E-state index in [-0.39, 0.29) is 24.2 Å². The summed E-state index contributed by atoms with van der Waals surface area (Å²) in [6.07, 6.45) is 1.60. The Morgan fingerprint density at radius 2 is 1.72 bits per heavy atom. The van der Waals surface area contributed by atoms with Crippen LogP contribution >= 0.6 is 12.4 Å². The summed E-state index contributed by atoms with van der Waals surface area (Å²) >= 11 is 0. The first-order valence-corrected chi connectivity index (χ1v) is 9.99. The number of fused-ring (bicyclic) bond motifs is 1. The number of carbonyl (C=O) groups is 2. The number of para-hydroxylation sites is 1. The number of nitrogens with one attached hydrogen (secondary N) is 2. The van der Waals surface area contributed by atoms with Crippen LogP contribution in [0.5, 0.6) is 0 Å². The number of hydrogen-bond acceptors (Lipinski definition) is 4. The zero-order valence-corrected chi connectivity index (χ0v) is 17.6. The van der Waals surface area contributed by atoms with Gasteiger partial charge in [0.2, 0.25) is 5.91 Å². The number of piperazine rings is 1. The molecule has 0 spiro atoms. The molecule has 0 aliphatic carbocycles. The van der Waals surface area contributed by atoms with Crippen molar-refractivity contribution in [3.63, 3.8) is 0 Å². The topological polar surface area (TPSA) is 77.7 Å². The first-order chi connectivity index (χ1) is 13.6. The van der Waals surface area contributed by atoms with Gasteiger partial charge < -0.3 is 24.8 Å². The van der Waals surface area contributed by atoms with Crippen molar-refractivity contribution >= 4 is 35.1 Å². The minimum atomic E-state index is -0.427. The molecule has 158 valence electrons. The molecule has 0 unspecified atom stereocenters. The van der Waals surface area contributed by atoms with Gasteiger partial charge in [0.15, 0.2) is 0 Å². The van der Waals surface area contributed by atoms with Gasteiger partial charge >= 0.3 is 0 Å². The fraction of sp³-hybridized carbons (Fsp3) is 0.524. The van der Waals surface area contributed by atoms with Gasteiger partial charge in [-0.2, -0.15) is 0 Å². The van der Waals surface area contributed by atoms with Crippen LogP contribution in [0.3, 0.4) is 0 Å². The number of aromatic nitrogens is 1. The molecular formula is C21H29ClN4O3. The number of carbonyl (C=O) groups excluding carboxylic acids is 2. The van der Waals surface area contributed by atoms with Crippen molar-refractivity contribution in [2.75, 3.05) is 53.0 Å². The van der Waals surface area contributed by atoms with Crippen LogP contribution in [0.4, 0.5) is 0 Å². The molecule has 2 aliphatic rings. The molecule has 2 aliphatic heterocycles. The Labute approximate surface area is 177 Å². The first kappa shape index (κ1) is 21.6. The molecule has 0 bridgehead atoms. The summed E-state index contributed by atoms with van der Waals surface area (Å²) < 4.78 is 5.40. The molecule has 29 heavy (non-hydrogen) atoms. The van der Waals surface area contributed by atoms with Gasteiger partial charge in [0.05, 0.1) is 12.0 Å². The van der Waals surface area contributed by atoms with Crippen LogP contribution in [0.1, 0.15) is 23.3 Å². The number of nitrogens with zero attached hydrogens (tertiary/aromatic N) is 2. The number of halogens is 1. The lowest BCUT2D eigenvalue weighted by Crippen LogP contribution is -2.57. The number of methoxy groups -OCH3 is 1. The highest BCUT2D eigenvalue weighted by Crippen LogP contribution is 2.32. The molecule has 1 aromatic heterocycles. The number of benzene rings is 1. The van der Waals surface area contributed by atoms with Gasteiger partial charge in [-0.15, -0.1) is 12.4 Å². The van der Waals surface area contributed by atoms with Crippen LogP contribution in [0.25, 0.3) is 10.9 Å². The zero-order chi connectivity index (χ0) is 19.6. The second-order valence-corrected chi connectivity index (χ2v) is 7.82. The van der Waals surface area contributed by atoms with Crippen LogP contribution in [-0.4, -0.2) is 79.6 Å². The summed E-state index contributed by atoms with van der Waals surface area (Å²) in [7, 11) is 1.66. The van der Waals surface area contributed by atoms with E-state index in [0.717, 1.165) is 36.8 Å².